The molecule has 0 aliphatic carbocycles. The molecule has 3 saturated heterocycles. The van der Waals surface area contributed by atoms with Crippen LogP contribution >= 0.6 is 24.0 Å². The Kier molecular flexibility index (Phi) is 8.22. The van der Waals surface area contributed by atoms with E-state index in [4.69, 9.17) is 9.73 Å². The molecule has 0 amide bonds. The second-order valence-corrected chi connectivity index (χ2v) is 9.03. The molecular weight excluding hydrogens is 475 g/mol. The predicted molar refractivity (Wildman–Crippen MR) is 130 cm³/mol. The fourth-order valence-electron chi connectivity index (χ4n) is 5.12. The molecule has 1 N–H and O–H groups in total. The van der Waals surface area contributed by atoms with Gasteiger partial charge in [0.1, 0.15) is 0 Å². The lowest BCUT2D eigenvalue weighted by molar-refractivity contribution is 0.156. The maximum Gasteiger partial charge on any atom is 0.193 e. The number of benzene rings is 1. The lowest BCUT2D eigenvalue weighted by atomic mass is 9.87. The summed E-state index contributed by atoms with van der Waals surface area (Å²) in [4.78, 5) is 10.2. The summed E-state index contributed by atoms with van der Waals surface area (Å²) >= 11 is 0. The van der Waals surface area contributed by atoms with Gasteiger partial charge in [-0.05, 0) is 44.6 Å². The van der Waals surface area contributed by atoms with Gasteiger partial charge < -0.3 is 15.0 Å². The Balaban J connectivity index is 0.00000240. The van der Waals surface area contributed by atoms with Gasteiger partial charge in [-0.3, -0.25) is 9.89 Å². The van der Waals surface area contributed by atoms with Crippen molar-refractivity contribution in [1.29, 1.82) is 0 Å². The molecule has 3 aliphatic rings. The monoisotopic (exact) mass is 512 g/mol. The highest BCUT2D eigenvalue weighted by molar-refractivity contribution is 14.0. The van der Waals surface area contributed by atoms with Crippen molar-refractivity contribution in [3.8, 4) is 0 Å². The Bertz CT molecular complexity index is 662. The molecule has 0 saturated carbocycles. The molecule has 3 fully saturated rings. The zero-order valence-electron chi connectivity index (χ0n) is 18.0. The number of hydrogen-bond acceptors (Lipinski definition) is 3. The third kappa shape index (κ3) is 5.64. The molecule has 6 heteroatoms. The molecule has 0 radical (unpaired) electrons. The largest absolute Gasteiger partial charge is 0.381 e. The van der Waals surface area contributed by atoms with E-state index in [1.165, 1.54) is 24.8 Å². The van der Waals surface area contributed by atoms with Gasteiger partial charge in [0.25, 0.3) is 0 Å². The van der Waals surface area contributed by atoms with E-state index in [2.05, 4.69) is 59.3 Å². The van der Waals surface area contributed by atoms with E-state index >= 15 is 0 Å². The third-order valence-corrected chi connectivity index (χ3v) is 6.78. The van der Waals surface area contributed by atoms with Crippen LogP contribution in [0.5, 0.6) is 0 Å². The van der Waals surface area contributed by atoms with E-state index in [0.29, 0.717) is 17.4 Å². The molecular formula is C23H37IN4O. The molecule has 4 rings (SSSR count). The molecule has 0 aromatic heterocycles. The van der Waals surface area contributed by atoms with Gasteiger partial charge in [0.15, 0.2) is 5.96 Å². The van der Waals surface area contributed by atoms with Crippen LogP contribution in [0, 0.1) is 11.3 Å². The third-order valence-electron chi connectivity index (χ3n) is 6.78. The Morgan fingerprint density at radius 3 is 2.83 bits per heavy atom. The molecule has 3 aliphatic heterocycles. The zero-order chi connectivity index (χ0) is 19.4. The van der Waals surface area contributed by atoms with Crippen LogP contribution in [0.2, 0.25) is 0 Å². The van der Waals surface area contributed by atoms with E-state index in [0.717, 1.165) is 58.4 Å². The van der Waals surface area contributed by atoms with Gasteiger partial charge in [-0.2, -0.15) is 0 Å². The summed E-state index contributed by atoms with van der Waals surface area (Å²) < 4.78 is 5.69. The second kappa shape index (κ2) is 10.4. The highest BCUT2D eigenvalue weighted by atomic mass is 127. The Labute approximate surface area is 193 Å². The Morgan fingerprint density at radius 2 is 2.10 bits per heavy atom. The first-order chi connectivity index (χ1) is 13.7. The molecule has 5 nitrogen and oxygen atoms in total. The van der Waals surface area contributed by atoms with Gasteiger partial charge in [-0.15, -0.1) is 24.0 Å². The maximum absolute atomic E-state index is 5.69. The van der Waals surface area contributed by atoms with Gasteiger partial charge in [-0.25, -0.2) is 0 Å². The van der Waals surface area contributed by atoms with E-state index in [1.54, 1.807) is 0 Å². The minimum atomic E-state index is 0. The number of ether oxygens (including phenoxy) is 1. The Morgan fingerprint density at radius 1 is 1.28 bits per heavy atom. The number of hydrogen-bond donors (Lipinski definition) is 1. The SMILES string of the molecule is CCNC(=NCC1CC(C)N(Cc2ccccc2)C1)N1CCC2(CCOC2)C1.I. The number of halogens is 1. The van der Waals surface area contributed by atoms with Crippen molar-refractivity contribution in [2.24, 2.45) is 16.3 Å². The number of guanidine groups is 1. The molecule has 3 atom stereocenters. The normalized spacial score (nSPS) is 30.1. The van der Waals surface area contributed by atoms with Crippen molar-refractivity contribution < 1.29 is 4.74 Å². The van der Waals surface area contributed by atoms with Crippen LogP contribution in [0.25, 0.3) is 0 Å². The minimum Gasteiger partial charge on any atom is -0.381 e. The van der Waals surface area contributed by atoms with E-state index < -0.39 is 0 Å². The number of rotatable bonds is 5. The van der Waals surface area contributed by atoms with Crippen molar-refractivity contribution in [2.45, 2.75) is 45.7 Å². The van der Waals surface area contributed by atoms with Crippen molar-refractivity contribution in [1.82, 2.24) is 15.1 Å². The van der Waals surface area contributed by atoms with Crippen LogP contribution in [-0.2, 0) is 11.3 Å². The molecule has 1 spiro atoms. The Hall–Kier alpha value is -0.860. The van der Waals surface area contributed by atoms with Crippen molar-refractivity contribution >= 4 is 29.9 Å². The fourth-order valence-corrected chi connectivity index (χ4v) is 5.12. The summed E-state index contributed by atoms with van der Waals surface area (Å²) in [5.41, 5.74) is 1.79. The topological polar surface area (TPSA) is 40.1 Å². The highest BCUT2D eigenvalue weighted by Gasteiger charge is 2.42. The number of nitrogens with zero attached hydrogens (tertiary/aromatic N) is 3. The first kappa shape index (κ1) is 22.8. The lowest BCUT2D eigenvalue weighted by Crippen LogP contribution is -2.41. The average molecular weight is 512 g/mol. The minimum absolute atomic E-state index is 0. The van der Waals surface area contributed by atoms with Crippen LogP contribution in [0.1, 0.15) is 38.7 Å². The van der Waals surface area contributed by atoms with E-state index in [9.17, 15) is 0 Å². The van der Waals surface area contributed by atoms with E-state index in [1.807, 2.05) is 0 Å². The fraction of sp³-hybridized carbons (Fsp3) is 0.696. The lowest BCUT2D eigenvalue weighted by Gasteiger charge is -2.25. The smallest absolute Gasteiger partial charge is 0.193 e. The van der Waals surface area contributed by atoms with Crippen molar-refractivity contribution in [2.75, 3.05) is 45.9 Å². The first-order valence-electron chi connectivity index (χ1n) is 11.1. The van der Waals surface area contributed by atoms with Crippen LogP contribution in [0.15, 0.2) is 35.3 Å². The molecule has 1 aromatic rings. The van der Waals surface area contributed by atoms with Gasteiger partial charge >= 0.3 is 0 Å². The number of likely N-dealkylation sites (tertiary alicyclic amines) is 2. The molecule has 3 unspecified atom stereocenters. The van der Waals surface area contributed by atoms with Crippen molar-refractivity contribution in [3.63, 3.8) is 0 Å². The number of nitrogens with one attached hydrogen (secondary N) is 1. The average Bonchev–Trinajstić information content (AvgIpc) is 3.42. The quantitative estimate of drug-likeness (QED) is 0.372. The molecule has 0 bridgehead atoms. The number of aliphatic imine (C=N–C) groups is 1. The van der Waals surface area contributed by atoms with Crippen LogP contribution < -0.4 is 5.32 Å². The summed E-state index contributed by atoms with van der Waals surface area (Å²) in [6.07, 6.45) is 3.69. The summed E-state index contributed by atoms with van der Waals surface area (Å²) in [6.45, 7) is 12.7. The zero-order valence-corrected chi connectivity index (χ0v) is 20.3. The highest BCUT2D eigenvalue weighted by Crippen LogP contribution is 2.38. The molecule has 162 valence electrons. The molecule has 29 heavy (non-hydrogen) atoms. The van der Waals surface area contributed by atoms with Gasteiger partial charge in [0, 0.05) is 57.3 Å². The summed E-state index contributed by atoms with van der Waals surface area (Å²) in [7, 11) is 0. The molecule has 1 aromatic carbocycles. The maximum atomic E-state index is 5.69. The van der Waals surface area contributed by atoms with E-state index in [-0.39, 0.29) is 24.0 Å². The van der Waals surface area contributed by atoms with Gasteiger partial charge in [-0.1, -0.05) is 30.3 Å². The van der Waals surface area contributed by atoms with Gasteiger partial charge in [0.05, 0.1) is 6.61 Å². The summed E-state index contributed by atoms with van der Waals surface area (Å²) in [5.74, 6) is 1.76. The van der Waals surface area contributed by atoms with Crippen molar-refractivity contribution in [3.05, 3.63) is 35.9 Å². The van der Waals surface area contributed by atoms with Crippen LogP contribution in [0.4, 0.5) is 0 Å². The molecule has 3 heterocycles. The predicted octanol–water partition coefficient (Wildman–Crippen LogP) is 3.59. The van der Waals surface area contributed by atoms with Crippen LogP contribution in [0.3, 0.4) is 0 Å². The van der Waals surface area contributed by atoms with Crippen LogP contribution in [-0.4, -0.2) is 67.7 Å². The summed E-state index contributed by atoms with van der Waals surface area (Å²) in [6, 6.07) is 11.5. The van der Waals surface area contributed by atoms with Gasteiger partial charge in [0.2, 0.25) is 0 Å². The first-order valence-corrected chi connectivity index (χ1v) is 11.1. The summed E-state index contributed by atoms with van der Waals surface area (Å²) in [5, 5.41) is 3.54. The standard InChI is InChI=1S/C23H36N4O.HI/c1-3-24-22(26-11-9-23(17-26)10-12-28-18-23)25-14-21-13-19(2)27(16-21)15-20-7-5-4-6-8-20;/h4-8,19,21H,3,9-18H2,1-2H3,(H,24,25);1H. The second-order valence-electron chi connectivity index (χ2n) is 9.03.